The molecule has 3 aromatic rings. The van der Waals surface area contributed by atoms with Gasteiger partial charge in [0.2, 0.25) is 5.95 Å². The molecule has 0 aliphatic carbocycles. The van der Waals surface area contributed by atoms with Crippen LogP contribution in [0.4, 0.5) is 5.95 Å². The van der Waals surface area contributed by atoms with Crippen LogP contribution in [0.25, 0.3) is 11.2 Å². The first-order valence-electron chi connectivity index (χ1n) is 6.19. The van der Waals surface area contributed by atoms with Crippen LogP contribution in [-0.4, -0.2) is 25.9 Å². The zero-order chi connectivity index (χ0) is 14.7. The molecule has 0 unspecified atom stereocenters. The van der Waals surface area contributed by atoms with E-state index in [2.05, 4.69) is 19.9 Å². The Morgan fingerprint density at radius 3 is 2.71 bits per heavy atom. The highest BCUT2D eigenvalue weighted by atomic mass is 16.5. The van der Waals surface area contributed by atoms with Crippen LogP contribution in [0.5, 0.6) is 0 Å². The van der Waals surface area contributed by atoms with Crippen molar-refractivity contribution in [2.75, 3.05) is 5.73 Å². The van der Waals surface area contributed by atoms with Crippen molar-refractivity contribution in [3.05, 3.63) is 54.0 Å². The van der Waals surface area contributed by atoms with Gasteiger partial charge in [0, 0.05) is 0 Å². The van der Waals surface area contributed by atoms with Crippen LogP contribution in [0.15, 0.2) is 42.7 Å². The van der Waals surface area contributed by atoms with Gasteiger partial charge in [-0.1, -0.05) is 30.3 Å². The molecule has 0 bridgehead atoms. The molecule has 0 fully saturated rings. The third-order valence-electron chi connectivity index (χ3n) is 2.74. The summed E-state index contributed by atoms with van der Waals surface area (Å²) in [6.45, 7) is 0.178. The molecule has 2 N–H and O–H groups in total. The van der Waals surface area contributed by atoms with E-state index in [1.54, 1.807) is 0 Å². The first kappa shape index (κ1) is 12.9. The van der Waals surface area contributed by atoms with Crippen LogP contribution in [-0.2, 0) is 11.3 Å². The van der Waals surface area contributed by atoms with Crippen molar-refractivity contribution in [1.29, 1.82) is 0 Å². The fraction of sp³-hybridized carbons (Fsp3) is 0.0714. The van der Waals surface area contributed by atoms with Crippen LogP contribution in [0.1, 0.15) is 16.1 Å². The molecule has 0 aliphatic rings. The number of benzene rings is 1. The van der Waals surface area contributed by atoms with Gasteiger partial charge in [-0.3, -0.25) is 0 Å². The van der Waals surface area contributed by atoms with Crippen molar-refractivity contribution in [2.45, 2.75) is 6.61 Å². The van der Waals surface area contributed by atoms with Gasteiger partial charge in [0.15, 0.2) is 11.3 Å². The summed E-state index contributed by atoms with van der Waals surface area (Å²) in [5, 5.41) is 0. The number of nitrogen functional groups attached to an aromatic ring is 1. The van der Waals surface area contributed by atoms with Gasteiger partial charge >= 0.3 is 5.97 Å². The Morgan fingerprint density at radius 1 is 1.10 bits per heavy atom. The number of carbonyl (C=O) groups excluding carboxylic acids is 1. The van der Waals surface area contributed by atoms with Gasteiger partial charge in [-0.05, 0) is 5.56 Å². The maximum atomic E-state index is 11.9. The minimum Gasteiger partial charge on any atom is -0.456 e. The van der Waals surface area contributed by atoms with Crippen molar-refractivity contribution in [1.82, 2.24) is 19.9 Å². The summed E-state index contributed by atoms with van der Waals surface area (Å²) in [5.41, 5.74) is 7.18. The van der Waals surface area contributed by atoms with E-state index in [1.165, 1.54) is 12.4 Å². The van der Waals surface area contributed by atoms with Gasteiger partial charge < -0.3 is 10.5 Å². The lowest BCUT2D eigenvalue weighted by molar-refractivity contribution is 0.0465. The lowest BCUT2D eigenvalue weighted by atomic mass is 10.2. The fourth-order valence-corrected chi connectivity index (χ4v) is 1.73. The molecule has 21 heavy (non-hydrogen) atoms. The SMILES string of the molecule is Nc1ncc2nc(C(=O)OCc3ccccc3)cnc2n1. The number of carbonyl (C=O) groups is 1. The molecular weight excluding hydrogens is 270 g/mol. The van der Waals surface area contributed by atoms with Crippen molar-refractivity contribution >= 4 is 23.1 Å². The summed E-state index contributed by atoms with van der Waals surface area (Å²) in [6.07, 6.45) is 2.72. The Balaban J connectivity index is 1.77. The molecule has 1 aromatic carbocycles. The summed E-state index contributed by atoms with van der Waals surface area (Å²) in [6, 6.07) is 9.39. The number of anilines is 1. The average Bonchev–Trinajstić information content (AvgIpc) is 2.53. The van der Waals surface area contributed by atoms with E-state index in [1.807, 2.05) is 30.3 Å². The highest BCUT2D eigenvalue weighted by Gasteiger charge is 2.11. The smallest absolute Gasteiger partial charge is 0.358 e. The molecule has 7 nitrogen and oxygen atoms in total. The Bertz CT molecular complexity index is 792. The Morgan fingerprint density at radius 2 is 1.90 bits per heavy atom. The van der Waals surface area contributed by atoms with Gasteiger partial charge in [0.25, 0.3) is 0 Å². The Kier molecular flexibility index (Phi) is 3.38. The molecule has 2 heterocycles. The summed E-state index contributed by atoms with van der Waals surface area (Å²) < 4.78 is 5.18. The van der Waals surface area contributed by atoms with Crippen LogP contribution < -0.4 is 5.73 Å². The normalized spacial score (nSPS) is 10.5. The zero-order valence-corrected chi connectivity index (χ0v) is 10.9. The molecule has 7 heteroatoms. The van der Waals surface area contributed by atoms with Gasteiger partial charge in [-0.2, -0.15) is 4.98 Å². The van der Waals surface area contributed by atoms with Gasteiger partial charge in [0.1, 0.15) is 12.1 Å². The molecule has 0 saturated heterocycles. The average molecular weight is 281 g/mol. The van der Waals surface area contributed by atoms with E-state index < -0.39 is 5.97 Å². The van der Waals surface area contributed by atoms with Crippen LogP contribution in [0.2, 0.25) is 0 Å². The molecule has 0 saturated carbocycles. The van der Waals surface area contributed by atoms with Crippen molar-refractivity contribution in [2.24, 2.45) is 0 Å². The molecule has 0 amide bonds. The second-order valence-electron chi connectivity index (χ2n) is 4.25. The molecule has 3 rings (SSSR count). The maximum absolute atomic E-state index is 11.9. The number of aromatic nitrogens is 4. The number of esters is 1. The molecule has 0 spiro atoms. The molecule has 0 aliphatic heterocycles. The van der Waals surface area contributed by atoms with Crippen molar-refractivity contribution in [3.8, 4) is 0 Å². The number of rotatable bonds is 3. The second-order valence-corrected chi connectivity index (χ2v) is 4.25. The van der Waals surface area contributed by atoms with Crippen LogP contribution in [0.3, 0.4) is 0 Å². The number of fused-ring (bicyclic) bond motifs is 1. The van der Waals surface area contributed by atoms with Crippen LogP contribution in [0, 0.1) is 0 Å². The topological polar surface area (TPSA) is 104 Å². The predicted octanol–water partition coefficient (Wildman–Crippen LogP) is 1.36. The second kappa shape index (κ2) is 5.49. The van der Waals surface area contributed by atoms with E-state index in [0.717, 1.165) is 5.56 Å². The first-order chi connectivity index (χ1) is 10.2. The number of ether oxygens (including phenoxy) is 1. The lowest BCUT2D eigenvalue weighted by Gasteiger charge is -2.04. The van der Waals surface area contributed by atoms with Gasteiger partial charge in [-0.15, -0.1) is 0 Å². The molecule has 0 atom stereocenters. The first-order valence-corrected chi connectivity index (χ1v) is 6.19. The lowest BCUT2D eigenvalue weighted by Crippen LogP contribution is -2.09. The quantitative estimate of drug-likeness (QED) is 0.723. The summed E-state index contributed by atoms with van der Waals surface area (Å²) >= 11 is 0. The highest BCUT2D eigenvalue weighted by molar-refractivity contribution is 5.88. The van der Waals surface area contributed by atoms with E-state index in [0.29, 0.717) is 11.2 Å². The van der Waals surface area contributed by atoms with Gasteiger partial charge in [0.05, 0.1) is 12.4 Å². The van der Waals surface area contributed by atoms with Crippen molar-refractivity contribution in [3.63, 3.8) is 0 Å². The Hall–Kier alpha value is -3.09. The number of hydrogen-bond donors (Lipinski definition) is 1. The summed E-state index contributed by atoms with van der Waals surface area (Å²) in [7, 11) is 0. The van der Waals surface area contributed by atoms with E-state index in [4.69, 9.17) is 10.5 Å². The monoisotopic (exact) mass is 281 g/mol. The van der Waals surface area contributed by atoms with E-state index in [9.17, 15) is 4.79 Å². The third-order valence-corrected chi connectivity index (χ3v) is 2.74. The Labute approximate surface area is 119 Å². The van der Waals surface area contributed by atoms with Gasteiger partial charge in [-0.25, -0.2) is 19.7 Å². The van der Waals surface area contributed by atoms with E-state index >= 15 is 0 Å². The van der Waals surface area contributed by atoms with Crippen LogP contribution >= 0.6 is 0 Å². The third kappa shape index (κ3) is 2.92. The molecule has 104 valence electrons. The predicted molar refractivity (Wildman–Crippen MR) is 75.1 cm³/mol. The largest absolute Gasteiger partial charge is 0.456 e. The van der Waals surface area contributed by atoms with E-state index in [-0.39, 0.29) is 18.2 Å². The minimum atomic E-state index is -0.551. The molecule has 0 radical (unpaired) electrons. The maximum Gasteiger partial charge on any atom is 0.358 e. The highest BCUT2D eigenvalue weighted by Crippen LogP contribution is 2.09. The number of nitrogens with zero attached hydrogens (tertiary/aromatic N) is 4. The minimum absolute atomic E-state index is 0.104. The summed E-state index contributed by atoms with van der Waals surface area (Å²) in [5.74, 6) is -0.443. The summed E-state index contributed by atoms with van der Waals surface area (Å²) in [4.78, 5) is 27.8. The van der Waals surface area contributed by atoms with Crippen molar-refractivity contribution < 1.29 is 9.53 Å². The number of hydrogen-bond acceptors (Lipinski definition) is 7. The molecular formula is C14H11N5O2. The standard InChI is InChI=1S/C14H11N5O2/c15-14-17-6-10-12(19-14)16-7-11(18-10)13(20)21-8-9-4-2-1-3-5-9/h1-7H,8H2,(H2,15,16,17,19). The zero-order valence-electron chi connectivity index (χ0n) is 10.9. The molecule has 2 aromatic heterocycles. The fourth-order valence-electron chi connectivity index (χ4n) is 1.73. The number of nitrogens with two attached hydrogens (primary N) is 1.